The highest BCUT2D eigenvalue weighted by atomic mass is 32.2. The van der Waals surface area contributed by atoms with Gasteiger partial charge in [-0.1, -0.05) is 13.0 Å². The molecule has 1 aromatic carbocycles. The summed E-state index contributed by atoms with van der Waals surface area (Å²) in [4.78, 5) is 0. The van der Waals surface area contributed by atoms with Crippen LogP contribution in [-0.4, -0.2) is 40.3 Å². The second kappa shape index (κ2) is 6.50. The van der Waals surface area contributed by atoms with E-state index in [1.54, 1.807) is 0 Å². The van der Waals surface area contributed by atoms with E-state index in [4.69, 9.17) is 9.47 Å². The highest BCUT2D eigenvalue weighted by Crippen LogP contribution is 2.42. The summed E-state index contributed by atoms with van der Waals surface area (Å²) in [5.41, 5.74) is 0.938. The van der Waals surface area contributed by atoms with Gasteiger partial charge in [0.1, 0.15) is 13.2 Å². The zero-order chi connectivity index (χ0) is 13.9. The van der Waals surface area contributed by atoms with Crippen LogP contribution in [0.2, 0.25) is 0 Å². The summed E-state index contributed by atoms with van der Waals surface area (Å²) in [6.45, 7) is 3.38. The standard InChI is InChI=1S/C15H20O3S2/c1-2-13-15(20-8-7-19-13)14(16)10-3-4-11-12(9-10)18-6-5-17-11/h3-4,9,13-16H,2,5-8H2,1H3. The van der Waals surface area contributed by atoms with Crippen molar-refractivity contribution in [2.45, 2.75) is 29.9 Å². The third kappa shape index (κ3) is 2.90. The number of ether oxygens (including phenoxy) is 2. The van der Waals surface area contributed by atoms with Crippen molar-refractivity contribution in [3.63, 3.8) is 0 Å². The number of hydrogen-bond donors (Lipinski definition) is 1. The van der Waals surface area contributed by atoms with Crippen LogP contribution in [-0.2, 0) is 0 Å². The fraction of sp³-hybridized carbons (Fsp3) is 0.600. The quantitative estimate of drug-likeness (QED) is 0.928. The van der Waals surface area contributed by atoms with E-state index in [2.05, 4.69) is 6.92 Å². The Balaban J connectivity index is 1.80. The van der Waals surface area contributed by atoms with Crippen molar-refractivity contribution >= 4 is 23.5 Å². The minimum Gasteiger partial charge on any atom is -0.486 e. The first kappa shape index (κ1) is 14.4. The normalized spacial score (nSPS) is 27.1. The van der Waals surface area contributed by atoms with Gasteiger partial charge in [-0.3, -0.25) is 0 Å². The zero-order valence-electron chi connectivity index (χ0n) is 11.6. The molecule has 1 N–H and O–H groups in total. The van der Waals surface area contributed by atoms with Crippen LogP contribution in [0.3, 0.4) is 0 Å². The molecule has 0 amide bonds. The Hall–Kier alpha value is -0.520. The number of aliphatic hydroxyl groups is 1. The summed E-state index contributed by atoms with van der Waals surface area (Å²) < 4.78 is 11.1. The summed E-state index contributed by atoms with van der Waals surface area (Å²) >= 11 is 3.88. The lowest BCUT2D eigenvalue weighted by Crippen LogP contribution is -2.31. The third-order valence-electron chi connectivity index (χ3n) is 3.71. The molecule has 1 fully saturated rings. The molecule has 5 heteroatoms. The molecule has 0 aromatic heterocycles. The molecule has 3 unspecified atom stereocenters. The van der Waals surface area contributed by atoms with Crippen LogP contribution in [0.15, 0.2) is 18.2 Å². The van der Waals surface area contributed by atoms with Crippen LogP contribution in [0, 0.1) is 0 Å². The van der Waals surface area contributed by atoms with Gasteiger partial charge in [-0.25, -0.2) is 0 Å². The lowest BCUT2D eigenvalue weighted by Gasteiger charge is -2.33. The van der Waals surface area contributed by atoms with Gasteiger partial charge in [0.25, 0.3) is 0 Å². The molecule has 0 bridgehead atoms. The predicted molar refractivity (Wildman–Crippen MR) is 85.2 cm³/mol. The molecule has 0 aliphatic carbocycles. The summed E-state index contributed by atoms with van der Waals surface area (Å²) in [6, 6.07) is 5.81. The molecule has 3 atom stereocenters. The molecule has 2 heterocycles. The summed E-state index contributed by atoms with van der Waals surface area (Å²) in [5, 5.41) is 11.5. The minimum atomic E-state index is -0.437. The van der Waals surface area contributed by atoms with Crippen LogP contribution in [0.5, 0.6) is 11.5 Å². The Morgan fingerprint density at radius 2 is 1.95 bits per heavy atom. The average molecular weight is 312 g/mol. The lowest BCUT2D eigenvalue weighted by atomic mass is 10.0. The Morgan fingerprint density at radius 1 is 1.20 bits per heavy atom. The van der Waals surface area contributed by atoms with Gasteiger partial charge in [0.05, 0.1) is 6.10 Å². The minimum absolute atomic E-state index is 0.265. The van der Waals surface area contributed by atoms with Crippen molar-refractivity contribution in [3.8, 4) is 11.5 Å². The van der Waals surface area contributed by atoms with Crippen molar-refractivity contribution < 1.29 is 14.6 Å². The van der Waals surface area contributed by atoms with Crippen LogP contribution in [0.25, 0.3) is 0 Å². The molecule has 0 saturated carbocycles. The van der Waals surface area contributed by atoms with E-state index in [-0.39, 0.29) is 5.25 Å². The first-order valence-corrected chi connectivity index (χ1v) is 9.20. The van der Waals surface area contributed by atoms with Crippen molar-refractivity contribution in [2.75, 3.05) is 24.7 Å². The topological polar surface area (TPSA) is 38.7 Å². The average Bonchev–Trinajstić information content (AvgIpc) is 2.53. The van der Waals surface area contributed by atoms with Gasteiger partial charge in [-0.05, 0) is 24.1 Å². The van der Waals surface area contributed by atoms with Gasteiger partial charge in [0, 0.05) is 22.0 Å². The Kier molecular flexibility index (Phi) is 4.68. The maximum Gasteiger partial charge on any atom is 0.161 e. The van der Waals surface area contributed by atoms with E-state index in [1.807, 2.05) is 41.7 Å². The van der Waals surface area contributed by atoms with E-state index < -0.39 is 6.10 Å². The zero-order valence-corrected chi connectivity index (χ0v) is 13.2. The second-order valence-electron chi connectivity index (χ2n) is 5.00. The van der Waals surface area contributed by atoms with Crippen molar-refractivity contribution in [3.05, 3.63) is 23.8 Å². The number of aliphatic hydroxyl groups excluding tert-OH is 1. The Bertz CT molecular complexity index is 466. The van der Waals surface area contributed by atoms with Crippen LogP contribution in [0.1, 0.15) is 25.0 Å². The maximum atomic E-state index is 10.7. The number of fused-ring (bicyclic) bond motifs is 1. The molecule has 3 rings (SSSR count). The molecule has 2 aliphatic rings. The summed E-state index contributed by atoms with van der Waals surface area (Å²) in [7, 11) is 0. The molecular weight excluding hydrogens is 292 g/mol. The fourth-order valence-corrected chi connectivity index (χ4v) is 5.80. The molecule has 0 spiro atoms. The first-order chi connectivity index (χ1) is 9.79. The lowest BCUT2D eigenvalue weighted by molar-refractivity contribution is 0.162. The molecule has 20 heavy (non-hydrogen) atoms. The molecule has 1 aromatic rings. The van der Waals surface area contributed by atoms with E-state index in [0.717, 1.165) is 29.2 Å². The third-order valence-corrected chi connectivity index (χ3v) is 7.05. The Morgan fingerprint density at radius 3 is 2.75 bits per heavy atom. The molecule has 3 nitrogen and oxygen atoms in total. The van der Waals surface area contributed by atoms with E-state index in [9.17, 15) is 5.11 Å². The number of rotatable bonds is 3. The highest BCUT2D eigenvalue weighted by molar-refractivity contribution is 8.07. The largest absolute Gasteiger partial charge is 0.486 e. The van der Waals surface area contributed by atoms with Crippen LogP contribution in [0.4, 0.5) is 0 Å². The predicted octanol–water partition coefficient (Wildman–Crippen LogP) is 3.12. The van der Waals surface area contributed by atoms with Gasteiger partial charge in [-0.2, -0.15) is 23.5 Å². The fourth-order valence-electron chi connectivity index (χ4n) is 2.66. The van der Waals surface area contributed by atoms with E-state index >= 15 is 0 Å². The monoisotopic (exact) mass is 312 g/mol. The van der Waals surface area contributed by atoms with Gasteiger partial charge >= 0.3 is 0 Å². The number of thioether (sulfide) groups is 2. The molecular formula is C15H20O3S2. The van der Waals surface area contributed by atoms with Crippen molar-refractivity contribution in [2.24, 2.45) is 0 Å². The molecule has 0 radical (unpaired) electrons. The number of benzene rings is 1. The number of hydrogen-bond acceptors (Lipinski definition) is 5. The smallest absolute Gasteiger partial charge is 0.161 e. The van der Waals surface area contributed by atoms with E-state index in [1.165, 1.54) is 5.75 Å². The van der Waals surface area contributed by atoms with Gasteiger partial charge in [0.15, 0.2) is 11.5 Å². The molecule has 110 valence electrons. The van der Waals surface area contributed by atoms with Gasteiger partial charge in [0.2, 0.25) is 0 Å². The Labute approximate surface area is 128 Å². The van der Waals surface area contributed by atoms with E-state index in [0.29, 0.717) is 18.5 Å². The van der Waals surface area contributed by atoms with Crippen molar-refractivity contribution in [1.82, 2.24) is 0 Å². The maximum absolute atomic E-state index is 10.7. The summed E-state index contributed by atoms with van der Waals surface area (Å²) in [6.07, 6.45) is 0.665. The highest BCUT2D eigenvalue weighted by Gasteiger charge is 2.32. The molecule has 1 saturated heterocycles. The SMILES string of the molecule is CCC1SCCSC1C(O)c1ccc2c(c1)OCCO2. The van der Waals surface area contributed by atoms with Crippen LogP contribution >= 0.6 is 23.5 Å². The van der Waals surface area contributed by atoms with Crippen molar-refractivity contribution in [1.29, 1.82) is 0 Å². The van der Waals surface area contributed by atoms with Gasteiger partial charge in [-0.15, -0.1) is 0 Å². The molecule has 2 aliphatic heterocycles. The first-order valence-electron chi connectivity index (χ1n) is 7.10. The second-order valence-corrected chi connectivity index (χ2v) is 7.63. The van der Waals surface area contributed by atoms with Gasteiger partial charge < -0.3 is 14.6 Å². The summed E-state index contributed by atoms with van der Waals surface area (Å²) in [5.74, 6) is 3.85. The van der Waals surface area contributed by atoms with Crippen LogP contribution < -0.4 is 9.47 Å².